The van der Waals surface area contributed by atoms with Crippen LogP contribution in [-0.4, -0.2) is 47.9 Å². The second kappa shape index (κ2) is 8.14. The second-order valence-electron chi connectivity index (χ2n) is 6.73. The van der Waals surface area contributed by atoms with E-state index in [9.17, 15) is 14.4 Å². The summed E-state index contributed by atoms with van der Waals surface area (Å²) >= 11 is 0. The van der Waals surface area contributed by atoms with Gasteiger partial charge >= 0.3 is 0 Å². The lowest BCUT2D eigenvalue weighted by atomic mass is 9.97. The number of likely N-dealkylation sites (tertiary alicyclic amines) is 1. The highest BCUT2D eigenvalue weighted by atomic mass is 16.2. The first kappa shape index (κ1) is 18.1. The molecule has 1 saturated heterocycles. The van der Waals surface area contributed by atoms with Crippen molar-refractivity contribution in [1.82, 2.24) is 15.2 Å². The Morgan fingerprint density at radius 2 is 2.04 bits per heavy atom. The maximum Gasteiger partial charge on any atom is 0.255 e. The van der Waals surface area contributed by atoms with Crippen LogP contribution < -0.4 is 16.6 Å². The van der Waals surface area contributed by atoms with Gasteiger partial charge in [0.05, 0.1) is 11.5 Å². The highest BCUT2D eigenvalue weighted by molar-refractivity contribution is 6.06. The van der Waals surface area contributed by atoms with E-state index < -0.39 is 0 Å². The summed E-state index contributed by atoms with van der Waals surface area (Å²) in [6, 6.07) is 7.06. The summed E-state index contributed by atoms with van der Waals surface area (Å²) in [6.07, 6.45) is 4.09. The maximum atomic E-state index is 12.5. The first-order valence-electron chi connectivity index (χ1n) is 8.96. The van der Waals surface area contributed by atoms with Crippen LogP contribution in [0.2, 0.25) is 0 Å². The van der Waals surface area contributed by atoms with E-state index in [2.05, 4.69) is 15.2 Å². The first-order chi connectivity index (χ1) is 12.6. The number of aromatic amines is 1. The van der Waals surface area contributed by atoms with Gasteiger partial charge in [0, 0.05) is 30.1 Å². The molecule has 1 unspecified atom stereocenters. The van der Waals surface area contributed by atoms with E-state index in [-0.39, 0.29) is 23.3 Å². The number of primary amides is 1. The monoisotopic (exact) mass is 356 g/mol. The fourth-order valence-electron chi connectivity index (χ4n) is 3.49. The summed E-state index contributed by atoms with van der Waals surface area (Å²) in [6.45, 7) is 3.01. The molecule has 7 heteroatoms. The molecule has 138 valence electrons. The number of amides is 2. The number of nitrogens with one attached hydrogen (secondary N) is 2. The summed E-state index contributed by atoms with van der Waals surface area (Å²) in [5.74, 6) is -0.495. The van der Waals surface area contributed by atoms with Gasteiger partial charge in [0.25, 0.3) is 11.5 Å². The van der Waals surface area contributed by atoms with Gasteiger partial charge in [-0.05, 0) is 38.4 Å². The number of H-pyrrole nitrogens is 1. The van der Waals surface area contributed by atoms with Gasteiger partial charge in [0.1, 0.15) is 0 Å². The molecule has 0 radical (unpaired) electrons. The standard InChI is InChI=1S/C19H24N4O3/c20-17(24)13-5-3-9-23(12-13)10-4-8-21-19(26)16-11-22-18(25)15-7-2-1-6-14(15)16/h1-2,6-7,11,13H,3-5,8-10,12H2,(H2,20,24)(H,21,26)(H,22,25). The summed E-state index contributed by atoms with van der Waals surface area (Å²) in [4.78, 5) is 40.4. The molecule has 2 amide bonds. The number of nitrogens with zero attached hydrogens (tertiary/aromatic N) is 1. The molecule has 2 heterocycles. The minimum atomic E-state index is -0.229. The highest BCUT2D eigenvalue weighted by Crippen LogP contribution is 2.16. The van der Waals surface area contributed by atoms with Crippen molar-refractivity contribution in [3.8, 4) is 0 Å². The van der Waals surface area contributed by atoms with Crippen molar-refractivity contribution in [2.24, 2.45) is 11.7 Å². The SMILES string of the molecule is NC(=O)C1CCCN(CCCNC(=O)c2c[nH]c(=O)c3ccccc23)C1. The van der Waals surface area contributed by atoms with Crippen molar-refractivity contribution in [3.63, 3.8) is 0 Å². The Hall–Kier alpha value is -2.67. The smallest absolute Gasteiger partial charge is 0.255 e. The molecule has 1 aromatic carbocycles. The summed E-state index contributed by atoms with van der Waals surface area (Å²) in [5.41, 5.74) is 5.66. The van der Waals surface area contributed by atoms with Gasteiger partial charge in [-0.2, -0.15) is 0 Å². The molecule has 1 aliphatic heterocycles. The Bertz CT molecular complexity index is 861. The third kappa shape index (κ3) is 4.11. The molecule has 1 aromatic heterocycles. The Morgan fingerprint density at radius 1 is 1.27 bits per heavy atom. The predicted molar refractivity (Wildman–Crippen MR) is 99.9 cm³/mol. The van der Waals surface area contributed by atoms with Crippen LogP contribution in [0.25, 0.3) is 10.8 Å². The zero-order valence-corrected chi connectivity index (χ0v) is 14.7. The lowest BCUT2D eigenvalue weighted by Gasteiger charge is -2.31. The number of aromatic nitrogens is 1. The van der Waals surface area contributed by atoms with E-state index in [4.69, 9.17) is 5.73 Å². The van der Waals surface area contributed by atoms with Gasteiger partial charge in [-0.15, -0.1) is 0 Å². The number of carbonyl (C=O) groups excluding carboxylic acids is 2. The molecule has 1 atom stereocenters. The van der Waals surface area contributed by atoms with Crippen LogP contribution in [0.1, 0.15) is 29.6 Å². The van der Waals surface area contributed by atoms with E-state index >= 15 is 0 Å². The topological polar surface area (TPSA) is 108 Å². The van der Waals surface area contributed by atoms with Gasteiger partial charge in [-0.25, -0.2) is 0 Å². The third-order valence-corrected chi connectivity index (χ3v) is 4.90. The Morgan fingerprint density at radius 3 is 2.81 bits per heavy atom. The molecule has 0 aliphatic carbocycles. The quantitative estimate of drug-likeness (QED) is 0.667. The summed E-state index contributed by atoms with van der Waals surface area (Å²) in [5, 5.41) is 4.06. The molecule has 2 aromatic rings. The Balaban J connectivity index is 1.53. The number of carbonyl (C=O) groups is 2. The van der Waals surface area contributed by atoms with Gasteiger partial charge < -0.3 is 20.9 Å². The van der Waals surface area contributed by atoms with Crippen LogP contribution in [0.3, 0.4) is 0 Å². The zero-order chi connectivity index (χ0) is 18.5. The molecule has 0 spiro atoms. The number of pyridine rings is 1. The van der Waals surface area contributed by atoms with Crippen molar-refractivity contribution in [2.45, 2.75) is 19.3 Å². The highest BCUT2D eigenvalue weighted by Gasteiger charge is 2.23. The van der Waals surface area contributed by atoms with E-state index in [1.54, 1.807) is 18.2 Å². The lowest BCUT2D eigenvalue weighted by molar-refractivity contribution is -0.123. The van der Waals surface area contributed by atoms with Gasteiger partial charge in [-0.3, -0.25) is 14.4 Å². The second-order valence-corrected chi connectivity index (χ2v) is 6.73. The van der Waals surface area contributed by atoms with E-state index in [0.29, 0.717) is 29.4 Å². The Kier molecular flexibility index (Phi) is 5.68. The molecule has 0 saturated carbocycles. The van der Waals surface area contributed by atoms with Gasteiger partial charge in [-0.1, -0.05) is 18.2 Å². The van der Waals surface area contributed by atoms with E-state index in [1.807, 2.05) is 6.07 Å². The van der Waals surface area contributed by atoms with E-state index in [1.165, 1.54) is 6.20 Å². The van der Waals surface area contributed by atoms with Crippen LogP contribution in [0.15, 0.2) is 35.3 Å². The molecule has 1 aliphatic rings. The number of piperidine rings is 1. The largest absolute Gasteiger partial charge is 0.369 e. The molecule has 7 nitrogen and oxygen atoms in total. The van der Waals surface area contributed by atoms with Crippen LogP contribution in [0.5, 0.6) is 0 Å². The number of nitrogens with two attached hydrogens (primary N) is 1. The lowest BCUT2D eigenvalue weighted by Crippen LogP contribution is -2.42. The van der Waals surface area contributed by atoms with Crippen LogP contribution in [-0.2, 0) is 4.79 Å². The minimum absolute atomic E-state index is 0.0640. The van der Waals surface area contributed by atoms with Gasteiger partial charge in [0.15, 0.2) is 0 Å². The molecule has 0 bridgehead atoms. The first-order valence-corrected chi connectivity index (χ1v) is 8.96. The molecular formula is C19H24N4O3. The van der Waals surface area contributed by atoms with Crippen molar-refractivity contribution in [2.75, 3.05) is 26.2 Å². The number of rotatable bonds is 6. The Labute approximate surface area is 151 Å². The fraction of sp³-hybridized carbons (Fsp3) is 0.421. The van der Waals surface area contributed by atoms with Crippen molar-refractivity contribution >= 4 is 22.6 Å². The number of hydrogen-bond acceptors (Lipinski definition) is 4. The van der Waals surface area contributed by atoms with Crippen molar-refractivity contribution < 1.29 is 9.59 Å². The number of benzene rings is 1. The molecular weight excluding hydrogens is 332 g/mol. The van der Waals surface area contributed by atoms with Crippen molar-refractivity contribution in [1.29, 1.82) is 0 Å². The molecule has 1 fully saturated rings. The van der Waals surface area contributed by atoms with Gasteiger partial charge in [0.2, 0.25) is 5.91 Å². The van der Waals surface area contributed by atoms with Crippen LogP contribution in [0, 0.1) is 5.92 Å². The zero-order valence-electron chi connectivity index (χ0n) is 14.7. The molecule has 26 heavy (non-hydrogen) atoms. The number of hydrogen-bond donors (Lipinski definition) is 3. The van der Waals surface area contributed by atoms with Crippen LogP contribution in [0.4, 0.5) is 0 Å². The van der Waals surface area contributed by atoms with Crippen LogP contribution >= 0.6 is 0 Å². The van der Waals surface area contributed by atoms with E-state index in [0.717, 1.165) is 32.4 Å². The molecule has 4 N–H and O–H groups in total. The summed E-state index contributed by atoms with van der Waals surface area (Å²) in [7, 11) is 0. The minimum Gasteiger partial charge on any atom is -0.369 e. The van der Waals surface area contributed by atoms with Crippen molar-refractivity contribution in [3.05, 3.63) is 46.4 Å². The maximum absolute atomic E-state index is 12.5. The predicted octanol–water partition coefficient (Wildman–Crippen LogP) is 0.845. The fourth-order valence-corrected chi connectivity index (χ4v) is 3.49. The number of fused-ring (bicyclic) bond motifs is 1. The average Bonchev–Trinajstić information content (AvgIpc) is 2.66. The molecule has 3 rings (SSSR count). The third-order valence-electron chi connectivity index (χ3n) is 4.90. The average molecular weight is 356 g/mol. The summed E-state index contributed by atoms with van der Waals surface area (Å²) < 4.78 is 0. The normalized spacial score (nSPS) is 17.9.